The maximum atomic E-state index is 12.7. The number of piperazine rings is 1. The minimum atomic E-state index is 0.155. The van der Waals surface area contributed by atoms with E-state index in [1.54, 1.807) is 6.92 Å². The summed E-state index contributed by atoms with van der Waals surface area (Å²) in [5.41, 5.74) is 2.09. The second-order valence-electron chi connectivity index (χ2n) is 7.58. The van der Waals surface area contributed by atoms with Gasteiger partial charge in [-0.1, -0.05) is 19.1 Å². The van der Waals surface area contributed by atoms with Crippen molar-refractivity contribution in [2.24, 2.45) is 5.92 Å². The number of benzene rings is 1. The Morgan fingerprint density at radius 3 is 2.08 bits per heavy atom. The number of rotatable bonds is 4. The molecule has 1 aromatic carbocycles. The van der Waals surface area contributed by atoms with Gasteiger partial charge in [-0.3, -0.25) is 9.59 Å². The third kappa shape index (κ3) is 4.64. The molecule has 0 bridgehead atoms. The average molecular weight is 357 g/mol. The Bertz CT molecular complexity index is 613. The van der Waals surface area contributed by atoms with Gasteiger partial charge in [0.25, 0.3) is 5.91 Å². The van der Waals surface area contributed by atoms with E-state index in [9.17, 15) is 9.59 Å². The normalized spacial score (nSPS) is 19.6. The van der Waals surface area contributed by atoms with E-state index >= 15 is 0 Å². The van der Waals surface area contributed by atoms with Crippen LogP contribution in [0.15, 0.2) is 24.3 Å². The number of likely N-dealkylation sites (N-methyl/N-ethyl adjacent to an activating group) is 1. The fourth-order valence-electron chi connectivity index (χ4n) is 4.02. The molecule has 2 heterocycles. The summed E-state index contributed by atoms with van der Waals surface area (Å²) in [4.78, 5) is 30.4. The fraction of sp³-hybridized carbons (Fsp3) is 0.619. The highest BCUT2D eigenvalue weighted by Crippen LogP contribution is 2.22. The standard InChI is InChI=1S/C21H31N3O2/c1-3-22-12-14-24(15-13-22)21(26)20-6-4-18(5-7-20)16-19-8-10-23(11-9-19)17(2)25/h4-7,19H,3,8-16H2,1-2H3. The number of hydrogen-bond donors (Lipinski definition) is 0. The smallest absolute Gasteiger partial charge is 0.253 e. The van der Waals surface area contributed by atoms with Crippen molar-refractivity contribution in [3.63, 3.8) is 0 Å². The zero-order chi connectivity index (χ0) is 18.5. The molecule has 2 saturated heterocycles. The van der Waals surface area contributed by atoms with E-state index in [1.165, 1.54) is 5.56 Å². The van der Waals surface area contributed by atoms with Gasteiger partial charge in [0.05, 0.1) is 0 Å². The van der Waals surface area contributed by atoms with Crippen LogP contribution < -0.4 is 0 Å². The molecule has 26 heavy (non-hydrogen) atoms. The van der Waals surface area contributed by atoms with Crippen molar-refractivity contribution in [1.82, 2.24) is 14.7 Å². The molecule has 2 aliphatic rings. The van der Waals surface area contributed by atoms with Crippen molar-refractivity contribution < 1.29 is 9.59 Å². The molecule has 0 saturated carbocycles. The molecule has 2 amide bonds. The van der Waals surface area contributed by atoms with E-state index in [0.717, 1.165) is 70.6 Å². The van der Waals surface area contributed by atoms with Crippen LogP contribution in [0.3, 0.4) is 0 Å². The van der Waals surface area contributed by atoms with Crippen molar-refractivity contribution in [3.8, 4) is 0 Å². The lowest BCUT2D eigenvalue weighted by Crippen LogP contribution is -2.48. The maximum absolute atomic E-state index is 12.7. The van der Waals surface area contributed by atoms with Gasteiger partial charge in [0.15, 0.2) is 0 Å². The van der Waals surface area contributed by atoms with Crippen molar-refractivity contribution >= 4 is 11.8 Å². The second kappa shape index (κ2) is 8.67. The van der Waals surface area contributed by atoms with E-state index in [2.05, 4.69) is 24.0 Å². The van der Waals surface area contributed by atoms with Crippen molar-refractivity contribution in [2.75, 3.05) is 45.8 Å². The van der Waals surface area contributed by atoms with Crippen LogP contribution in [0.5, 0.6) is 0 Å². The molecule has 0 N–H and O–H groups in total. The largest absolute Gasteiger partial charge is 0.343 e. The third-order valence-electron chi connectivity index (χ3n) is 5.89. The summed E-state index contributed by atoms with van der Waals surface area (Å²) in [6, 6.07) is 8.17. The van der Waals surface area contributed by atoms with Crippen LogP contribution >= 0.6 is 0 Å². The molecular formula is C21H31N3O2. The zero-order valence-electron chi connectivity index (χ0n) is 16.1. The van der Waals surface area contributed by atoms with Gasteiger partial charge in [-0.25, -0.2) is 0 Å². The average Bonchev–Trinajstić information content (AvgIpc) is 2.68. The zero-order valence-corrected chi connectivity index (χ0v) is 16.1. The van der Waals surface area contributed by atoms with E-state index in [0.29, 0.717) is 5.92 Å². The fourth-order valence-corrected chi connectivity index (χ4v) is 4.02. The summed E-state index contributed by atoms with van der Waals surface area (Å²) < 4.78 is 0. The van der Waals surface area contributed by atoms with Crippen LogP contribution in [0.2, 0.25) is 0 Å². The Morgan fingerprint density at radius 1 is 0.923 bits per heavy atom. The maximum Gasteiger partial charge on any atom is 0.253 e. The minimum Gasteiger partial charge on any atom is -0.343 e. The first kappa shape index (κ1) is 18.9. The van der Waals surface area contributed by atoms with E-state index in [1.807, 2.05) is 21.9 Å². The van der Waals surface area contributed by atoms with Crippen LogP contribution in [-0.2, 0) is 11.2 Å². The molecule has 142 valence electrons. The Labute approximate surface area is 156 Å². The highest BCUT2D eigenvalue weighted by molar-refractivity contribution is 5.94. The van der Waals surface area contributed by atoms with Gasteiger partial charge in [0.1, 0.15) is 0 Å². The predicted molar refractivity (Wildman–Crippen MR) is 103 cm³/mol. The first-order chi connectivity index (χ1) is 12.6. The third-order valence-corrected chi connectivity index (χ3v) is 5.89. The Kier molecular flexibility index (Phi) is 6.30. The van der Waals surface area contributed by atoms with Crippen LogP contribution in [-0.4, -0.2) is 72.3 Å². The minimum absolute atomic E-state index is 0.155. The first-order valence-corrected chi connectivity index (χ1v) is 9.93. The van der Waals surface area contributed by atoms with Crippen LogP contribution in [0.25, 0.3) is 0 Å². The predicted octanol–water partition coefficient (Wildman–Crippen LogP) is 2.27. The van der Waals surface area contributed by atoms with Gasteiger partial charge in [0, 0.05) is 51.8 Å². The molecule has 2 fully saturated rings. The summed E-state index contributed by atoms with van der Waals surface area (Å²) in [5, 5.41) is 0. The van der Waals surface area contributed by atoms with E-state index in [-0.39, 0.29) is 11.8 Å². The number of hydrogen-bond acceptors (Lipinski definition) is 3. The Morgan fingerprint density at radius 2 is 1.54 bits per heavy atom. The lowest BCUT2D eigenvalue weighted by atomic mass is 9.90. The van der Waals surface area contributed by atoms with Gasteiger partial charge in [-0.2, -0.15) is 0 Å². The number of amides is 2. The molecule has 3 rings (SSSR count). The monoisotopic (exact) mass is 357 g/mol. The molecule has 0 radical (unpaired) electrons. The number of nitrogens with zero attached hydrogens (tertiary/aromatic N) is 3. The van der Waals surface area contributed by atoms with Crippen molar-refractivity contribution in [2.45, 2.75) is 33.1 Å². The molecule has 0 atom stereocenters. The highest BCUT2D eigenvalue weighted by atomic mass is 16.2. The number of carbonyl (C=O) groups is 2. The lowest BCUT2D eigenvalue weighted by molar-refractivity contribution is -0.130. The summed E-state index contributed by atoms with van der Waals surface area (Å²) in [6.45, 7) is 10.2. The van der Waals surface area contributed by atoms with Gasteiger partial charge in [-0.05, 0) is 49.4 Å². The van der Waals surface area contributed by atoms with Gasteiger partial charge in [0.2, 0.25) is 5.91 Å². The molecule has 1 aromatic rings. The van der Waals surface area contributed by atoms with Gasteiger partial charge >= 0.3 is 0 Å². The summed E-state index contributed by atoms with van der Waals surface area (Å²) in [7, 11) is 0. The Balaban J connectivity index is 1.51. The molecule has 5 heteroatoms. The van der Waals surface area contributed by atoms with Gasteiger partial charge < -0.3 is 14.7 Å². The Hall–Kier alpha value is -1.88. The van der Waals surface area contributed by atoms with Crippen LogP contribution in [0.4, 0.5) is 0 Å². The summed E-state index contributed by atoms with van der Waals surface area (Å²) in [6.07, 6.45) is 3.18. The summed E-state index contributed by atoms with van der Waals surface area (Å²) in [5.74, 6) is 0.974. The number of likely N-dealkylation sites (tertiary alicyclic amines) is 1. The highest BCUT2D eigenvalue weighted by Gasteiger charge is 2.22. The molecule has 0 spiro atoms. The second-order valence-corrected chi connectivity index (χ2v) is 7.58. The molecule has 0 unspecified atom stereocenters. The molecule has 2 aliphatic heterocycles. The van der Waals surface area contributed by atoms with Crippen LogP contribution in [0, 0.1) is 5.92 Å². The topological polar surface area (TPSA) is 43.9 Å². The van der Waals surface area contributed by atoms with E-state index < -0.39 is 0 Å². The number of piperidine rings is 1. The molecule has 5 nitrogen and oxygen atoms in total. The van der Waals surface area contributed by atoms with Crippen molar-refractivity contribution in [1.29, 1.82) is 0 Å². The summed E-state index contributed by atoms with van der Waals surface area (Å²) >= 11 is 0. The molecule has 0 aliphatic carbocycles. The van der Waals surface area contributed by atoms with Crippen LogP contribution in [0.1, 0.15) is 42.6 Å². The molecule has 0 aromatic heterocycles. The molecular weight excluding hydrogens is 326 g/mol. The van der Waals surface area contributed by atoms with Gasteiger partial charge in [-0.15, -0.1) is 0 Å². The first-order valence-electron chi connectivity index (χ1n) is 9.93. The SMILES string of the molecule is CCN1CCN(C(=O)c2ccc(CC3CCN(C(C)=O)CC3)cc2)CC1. The number of carbonyl (C=O) groups excluding carboxylic acids is 2. The van der Waals surface area contributed by atoms with E-state index in [4.69, 9.17) is 0 Å². The quantitative estimate of drug-likeness (QED) is 0.830. The lowest BCUT2D eigenvalue weighted by Gasteiger charge is -2.34. The van der Waals surface area contributed by atoms with Crippen molar-refractivity contribution in [3.05, 3.63) is 35.4 Å².